The fourth-order valence-corrected chi connectivity index (χ4v) is 5.43. The summed E-state index contributed by atoms with van der Waals surface area (Å²) >= 11 is 0. The van der Waals surface area contributed by atoms with Crippen LogP contribution >= 0.6 is 0 Å². The second-order valence-electron chi connectivity index (χ2n) is 9.06. The summed E-state index contributed by atoms with van der Waals surface area (Å²) in [7, 11) is 3.87. The molecule has 1 N–H and O–H groups in total. The minimum atomic E-state index is -0.275. The molecule has 2 aromatic heterocycles. The summed E-state index contributed by atoms with van der Waals surface area (Å²) in [4.78, 5) is 30.7. The van der Waals surface area contributed by atoms with Gasteiger partial charge in [-0.05, 0) is 37.1 Å². The third-order valence-corrected chi connectivity index (χ3v) is 7.09. The highest BCUT2D eigenvalue weighted by Crippen LogP contribution is 2.44. The van der Waals surface area contributed by atoms with Crippen molar-refractivity contribution in [2.45, 2.75) is 26.1 Å². The van der Waals surface area contributed by atoms with Crippen LogP contribution in [0.3, 0.4) is 0 Å². The summed E-state index contributed by atoms with van der Waals surface area (Å²) in [6, 6.07) is 17.8. The minimum absolute atomic E-state index is 0.0366. The zero-order valence-corrected chi connectivity index (χ0v) is 19.4. The number of fused-ring (bicyclic) bond motifs is 6. The molecule has 0 saturated heterocycles. The Morgan fingerprint density at radius 2 is 1.88 bits per heavy atom. The van der Waals surface area contributed by atoms with Gasteiger partial charge in [-0.2, -0.15) is 5.10 Å². The van der Waals surface area contributed by atoms with Gasteiger partial charge in [-0.15, -0.1) is 0 Å². The lowest BCUT2D eigenvalue weighted by Crippen LogP contribution is -2.51. The number of amides is 2. The Balaban J connectivity index is 1.46. The quantitative estimate of drug-likeness (QED) is 0.514. The Kier molecular flexibility index (Phi) is 4.52. The average molecular weight is 455 g/mol. The average Bonchev–Trinajstić information content (AvgIpc) is 3.33. The number of anilines is 2. The van der Waals surface area contributed by atoms with Crippen LogP contribution in [0, 0.1) is 6.92 Å². The van der Waals surface area contributed by atoms with Crippen LogP contribution in [0.1, 0.15) is 33.5 Å². The first-order valence-electron chi connectivity index (χ1n) is 11.5. The lowest BCUT2D eigenvalue weighted by atomic mass is 9.96. The largest absolute Gasteiger partial charge is 0.349 e. The first-order chi connectivity index (χ1) is 16.4. The number of carbonyl (C=O) groups is 2. The van der Waals surface area contributed by atoms with E-state index >= 15 is 0 Å². The predicted molar refractivity (Wildman–Crippen MR) is 131 cm³/mol. The molecule has 8 nitrogen and oxygen atoms in total. The second kappa shape index (κ2) is 7.48. The van der Waals surface area contributed by atoms with E-state index in [9.17, 15) is 9.59 Å². The van der Waals surface area contributed by atoms with Crippen molar-refractivity contribution in [2.75, 3.05) is 23.8 Å². The fourth-order valence-electron chi connectivity index (χ4n) is 5.43. The van der Waals surface area contributed by atoms with E-state index < -0.39 is 0 Å². The number of nitrogens with zero attached hydrogens (tertiary/aromatic N) is 5. The van der Waals surface area contributed by atoms with Crippen molar-refractivity contribution < 1.29 is 9.59 Å². The number of benzene rings is 2. The highest BCUT2D eigenvalue weighted by molar-refractivity contribution is 6.03. The smallest absolute Gasteiger partial charge is 0.257 e. The highest BCUT2D eigenvalue weighted by Gasteiger charge is 2.42. The van der Waals surface area contributed by atoms with Crippen LogP contribution in [-0.2, 0) is 24.8 Å². The summed E-state index contributed by atoms with van der Waals surface area (Å²) in [6.45, 7) is 2.73. The van der Waals surface area contributed by atoms with Gasteiger partial charge in [0.05, 0.1) is 16.9 Å². The van der Waals surface area contributed by atoms with Gasteiger partial charge in [0.25, 0.3) is 5.91 Å². The van der Waals surface area contributed by atoms with Gasteiger partial charge in [-0.1, -0.05) is 30.3 Å². The number of para-hydroxylation sites is 2. The number of hydrogen-bond acceptors (Lipinski definition) is 4. The van der Waals surface area contributed by atoms with Crippen molar-refractivity contribution >= 4 is 34.2 Å². The normalized spacial score (nSPS) is 16.9. The fraction of sp³-hybridized carbons (Fsp3) is 0.269. The monoisotopic (exact) mass is 454 g/mol. The lowest BCUT2D eigenvalue weighted by Gasteiger charge is -2.46. The molecule has 2 aromatic carbocycles. The number of aryl methyl sites for hydroxylation is 2. The standard InChI is InChI=1S/C26H26N6O2/c1-16-14-22(28-30(16)3)27-23(33)15-32-21-11-7-4-8-17(21)18-12-13-31-25(24(18)32)29(2)20-10-6-5-9-19(20)26(31)34/h4-11,14,25H,12-13,15H2,1-3H3,(H,27,28,33). The van der Waals surface area contributed by atoms with Crippen molar-refractivity contribution in [3.8, 4) is 0 Å². The first-order valence-corrected chi connectivity index (χ1v) is 11.5. The van der Waals surface area contributed by atoms with E-state index in [1.54, 1.807) is 4.68 Å². The van der Waals surface area contributed by atoms with Gasteiger partial charge in [0.1, 0.15) is 12.7 Å². The van der Waals surface area contributed by atoms with Gasteiger partial charge in [0.15, 0.2) is 5.82 Å². The van der Waals surface area contributed by atoms with Crippen LogP contribution in [0.5, 0.6) is 0 Å². The van der Waals surface area contributed by atoms with Crippen molar-refractivity contribution in [3.05, 3.63) is 77.1 Å². The van der Waals surface area contributed by atoms with E-state index in [-0.39, 0.29) is 24.5 Å². The zero-order valence-electron chi connectivity index (χ0n) is 19.4. The number of rotatable bonds is 3. The van der Waals surface area contributed by atoms with E-state index in [4.69, 9.17) is 0 Å². The summed E-state index contributed by atoms with van der Waals surface area (Å²) in [5, 5.41) is 8.43. The van der Waals surface area contributed by atoms with Crippen molar-refractivity contribution in [2.24, 2.45) is 7.05 Å². The number of nitrogens with one attached hydrogen (secondary N) is 1. The molecule has 0 saturated carbocycles. The summed E-state index contributed by atoms with van der Waals surface area (Å²) in [5.74, 6) is 0.425. The van der Waals surface area contributed by atoms with Gasteiger partial charge in [-0.25, -0.2) is 0 Å². The predicted octanol–water partition coefficient (Wildman–Crippen LogP) is 3.47. The number of carbonyl (C=O) groups excluding carboxylic acids is 2. The van der Waals surface area contributed by atoms with Crippen molar-refractivity contribution in [1.82, 2.24) is 19.2 Å². The van der Waals surface area contributed by atoms with E-state index in [0.29, 0.717) is 12.4 Å². The van der Waals surface area contributed by atoms with Gasteiger partial charge < -0.3 is 19.7 Å². The maximum absolute atomic E-state index is 13.4. The van der Waals surface area contributed by atoms with Crippen LogP contribution in [-0.4, -0.2) is 44.7 Å². The Morgan fingerprint density at radius 3 is 2.68 bits per heavy atom. The van der Waals surface area contributed by atoms with Crippen molar-refractivity contribution in [3.63, 3.8) is 0 Å². The molecular weight excluding hydrogens is 428 g/mol. The van der Waals surface area contributed by atoms with Gasteiger partial charge >= 0.3 is 0 Å². The third kappa shape index (κ3) is 2.95. The van der Waals surface area contributed by atoms with Crippen LogP contribution in [0.15, 0.2) is 54.6 Å². The van der Waals surface area contributed by atoms with Crippen LogP contribution in [0.25, 0.3) is 10.9 Å². The highest BCUT2D eigenvalue weighted by atomic mass is 16.2. The molecule has 0 fully saturated rings. The maximum atomic E-state index is 13.4. The van der Waals surface area contributed by atoms with Crippen LogP contribution < -0.4 is 10.2 Å². The Bertz CT molecular complexity index is 1450. The molecule has 172 valence electrons. The lowest BCUT2D eigenvalue weighted by molar-refractivity contribution is -0.116. The molecule has 0 spiro atoms. The molecule has 34 heavy (non-hydrogen) atoms. The summed E-state index contributed by atoms with van der Waals surface area (Å²) in [5.41, 5.74) is 5.81. The molecule has 2 aliphatic rings. The van der Waals surface area contributed by atoms with E-state index in [1.807, 2.05) is 68.4 Å². The molecule has 1 unspecified atom stereocenters. The molecule has 8 heteroatoms. The molecule has 0 radical (unpaired) electrons. The molecule has 0 aliphatic carbocycles. The molecule has 4 aromatic rings. The van der Waals surface area contributed by atoms with E-state index in [2.05, 4.69) is 32.0 Å². The van der Waals surface area contributed by atoms with Crippen LogP contribution in [0.2, 0.25) is 0 Å². The number of hydrogen-bond donors (Lipinski definition) is 1. The van der Waals surface area contributed by atoms with Crippen LogP contribution in [0.4, 0.5) is 11.5 Å². The topological polar surface area (TPSA) is 75.4 Å². The zero-order chi connectivity index (χ0) is 23.6. The molecule has 4 heterocycles. The molecule has 0 bridgehead atoms. The van der Waals surface area contributed by atoms with Gasteiger partial charge in [0, 0.05) is 43.3 Å². The third-order valence-electron chi connectivity index (χ3n) is 7.09. The second-order valence-corrected chi connectivity index (χ2v) is 9.06. The molecule has 6 rings (SSSR count). The summed E-state index contributed by atoms with van der Waals surface area (Å²) in [6.07, 6.45) is 0.478. The Hall–Kier alpha value is -4.07. The van der Waals surface area contributed by atoms with E-state index in [0.717, 1.165) is 40.0 Å². The SMILES string of the molecule is Cc1cc(NC(=O)Cn2c3c(c4ccccc42)CCN2C(=O)c4ccccc4N(C)C32)nn1C. The Morgan fingerprint density at radius 1 is 1.12 bits per heavy atom. The molecular formula is C26H26N6O2. The van der Waals surface area contributed by atoms with E-state index in [1.165, 1.54) is 5.56 Å². The first kappa shape index (κ1) is 20.5. The number of aromatic nitrogens is 3. The van der Waals surface area contributed by atoms with Crippen molar-refractivity contribution in [1.29, 1.82) is 0 Å². The molecule has 2 amide bonds. The van der Waals surface area contributed by atoms with Gasteiger partial charge in [0.2, 0.25) is 5.91 Å². The molecule has 2 aliphatic heterocycles. The Labute approximate surface area is 197 Å². The molecule has 1 atom stereocenters. The maximum Gasteiger partial charge on any atom is 0.257 e. The summed E-state index contributed by atoms with van der Waals surface area (Å²) < 4.78 is 3.81. The van der Waals surface area contributed by atoms with Gasteiger partial charge in [-0.3, -0.25) is 14.3 Å². The minimum Gasteiger partial charge on any atom is -0.349 e.